The number of carbonyl (C=O) groups is 1. The predicted octanol–water partition coefficient (Wildman–Crippen LogP) is 2.89. The van der Waals surface area contributed by atoms with Crippen molar-refractivity contribution in [3.63, 3.8) is 0 Å². The zero-order valence-electron chi connectivity index (χ0n) is 15.7. The first-order chi connectivity index (χ1) is 12.9. The third-order valence-electron chi connectivity index (χ3n) is 4.36. The van der Waals surface area contributed by atoms with Gasteiger partial charge in [-0.15, -0.1) is 0 Å². The number of hydrogen-bond donors (Lipinski definition) is 1. The van der Waals surface area contributed by atoms with Crippen molar-refractivity contribution in [1.82, 2.24) is 4.31 Å². The number of hydrogen-bond acceptors (Lipinski definition) is 5. The number of amides is 1. The lowest BCUT2D eigenvalue weighted by Crippen LogP contribution is -2.30. The van der Waals surface area contributed by atoms with Gasteiger partial charge in [0, 0.05) is 19.7 Å². The monoisotopic (exact) mass is 418 g/mol. The van der Waals surface area contributed by atoms with Gasteiger partial charge in [0.25, 0.3) is 0 Å². The van der Waals surface area contributed by atoms with E-state index in [1.54, 1.807) is 13.8 Å². The van der Waals surface area contributed by atoms with Gasteiger partial charge in [0.15, 0.2) is 0 Å². The molecule has 1 fully saturated rings. The highest BCUT2D eigenvalue weighted by molar-refractivity contribution is 7.89. The average Bonchev–Trinajstić information content (AvgIpc) is 3.15. The Morgan fingerprint density at radius 3 is 2.74 bits per heavy atom. The summed E-state index contributed by atoms with van der Waals surface area (Å²) < 4.78 is 37.5. The van der Waals surface area contributed by atoms with Crippen molar-refractivity contribution in [2.45, 2.75) is 44.1 Å². The van der Waals surface area contributed by atoms with E-state index in [4.69, 9.17) is 21.1 Å². The zero-order chi connectivity index (χ0) is 19.9. The molecule has 1 aromatic rings. The Morgan fingerprint density at radius 2 is 2.11 bits per heavy atom. The van der Waals surface area contributed by atoms with Gasteiger partial charge in [0.1, 0.15) is 0 Å². The summed E-state index contributed by atoms with van der Waals surface area (Å²) in [5.41, 5.74) is 0.272. The Morgan fingerprint density at radius 1 is 1.37 bits per heavy atom. The van der Waals surface area contributed by atoms with Gasteiger partial charge in [0.05, 0.1) is 41.3 Å². The van der Waals surface area contributed by atoms with Crippen LogP contribution in [0.25, 0.3) is 0 Å². The highest BCUT2D eigenvalue weighted by Gasteiger charge is 2.23. The molecule has 1 atom stereocenters. The van der Waals surface area contributed by atoms with Crippen LogP contribution in [0.3, 0.4) is 0 Å². The number of rotatable bonds is 10. The van der Waals surface area contributed by atoms with Crippen LogP contribution < -0.4 is 5.32 Å². The minimum Gasteiger partial charge on any atom is -0.378 e. The molecule has 1 aliphatic rings. The topological polar surface area (TPSA) is 84.9 Å². The van der Waals surface area contributed by atoms with E-state index in [0.29, 0.717) is 19.7 Å². The molecule has 0 aliphatic carbocycles. The molecule has 1 saturated heterocycles. The highest BCUT2D eigenvalue weighted by Crippen LogP contribution is 2.27. The minimum atomic E-state index is -3.62. The molecule has 1 unspecified atom stereocenters. The second-order valence-electron chi connectivity index (χ2n) is 6.24. The van der Waals surface area contributed by atoms with Gasteiger partial charge in [0.2, 0.25) is 15.9 Å². The summed E-state index contributed by atoms with van der Waals surface area (Å²) in [4.78, 5) is 12.2. The number of halogens is 1. The second-order valence-corrected chi connectivity index (χ2v) is 8.58. The lowest BCUT2D eigenvalue weighted by Gasteiger charge is -2.19. The van der Waals surface area contributed by atoms with E-state index in [-0.39, 0.29) is 40.6 Å². The number of sulfonamides is 1. The summed E-state index contributed by atoms with van der Waals surface area (Å²) in [6.07, 6.45) is 2.29. The first-order valence-corrected chi connectivity index (χ1v) is 11.0. The van der Waals surface area contributed by atoms with Crippen LogP contribution in [0.5, 0.6) is 0 Å². The number of benzene rings is 1. The maximum atomic E-state index is 12.6. The summed E-state index contributed by atoms with van der Waals surface area (Å²) >= 11 is 6.11. The van der Waals surface area contributed by atoms with Crippen LogP contribution in [0.1, 0.15) is 33.1 Å². The van der Waals surface area contributed by atoms with Gasteiger partial charge in [-0.1, -0.05) is 25.4 Å². The molecule has 0 aromatic heterocycles. The van der Waals surface area contributed by atoms with Crippen LogP contribution >= 0.6 is 11.6 Å². The summed E-state index contributed by atoms with van der Waals surface area (Å²) in [5.74, 6) is -0.290. The fourth-order valence-corrected chi connectivity index (χ4v) is 4.49. The third-order valence-corrected chi connectivity index (χ3v) is 6.73. The first-order valence-electron chi connectivity index (χ1n) is 9.17. The van der Waals surface area contributed by atoms with Crippen molar-refractivity contribution < 1.29 is 22.7 Å². The largest absolute Gasteiger partial charge is 0.378 e. The Kier molecular flexibility index (Phi) is 8.50. The van der Waals surface area contributed by atoms with Crippen LogP contribution in [0.2, 0.25) is 5.02 Å². The van der Waals surface area contributed by atoms with E-state index in [1.165, 1.54) is 22.5 Å². The molecule has 0 saturated carbocycles. The van der Waals surface area contributed by atoms with E-state index >= 15 is 0 Å². The molecule has 1 N–H and O–H groups in total. The maximum absolute atomic E-state index is 12.6. The molecule has 0 spiro atoms. The molecule has 0 bridgehead atoms. The van der Waals surface area contributed by atoms with Crippen molar-refractivity contribution >= 4 is 33.2 Å². The Hall–Kier alpha value is -1.19. The zero-order valence-corrected chi connectivity index (χ0v) is 17.3. The quantitative estimate of drug-likeness (QED) is 0.590. The molecular formula is C18H27ClN2O5S. The maximum Gasteiger partial charge on any atom is 0.243 e. The normalized spacial score (nSPS) is 17.4. The molecule has 9 heteroatoms. The number of carbonyl (C=O) groups excluding carboxylic acids is 1. The van der Waals surface area contributed by atoms with E-state index < -0.39 is 10.0 Å². The summed E-state index contributed by atoms with van der Waals surface area (Å²) in [7, 11) is -3.62. The fraction of sp³-hybridized carbons (Fsp3) is 0.611. The molecule has 1 aliphatic heterocycles. The Labute approximate surface area is 166 Å². The molecule has 152 valence electrons. The van der Waals surface area contributed by atoms with Crippen molar-refractivity contribution in [3.05, 3.63) is 23.2 Å². The first kappa shape index (κ1) is 22.1. The van der Waals surface area contributed by atoms with Crippen molar-refractivity contribution in [1.29, 1.82) is 0 Å². The van der Waals surface area contributed by atoms with Crippen LogP contribution in [0.4, 0.5) is 5.69 Å². The van der Waals surface area contributed by atoms with Crippen molar-refractivity contribution in [2.24, 2.45) is 0 Å². The molecule has 0 radical (unpaired) electrons. The molecule has 1 heterocycles. The smallest absolute Gasteiger partial charge is 0.243 e. The van der Waals surface area contributed by atoms with Crippen molar-refractivity contribution in [2.75, 3.05) is 38.2 Å². The van der Waals surface area contributed by atoms with E-state index in [0.717, 1.165) is 19.4 Å². The van der Waals surface area contributed by atoms with E-state index in [9.17, 15) is 13.2 Å². The molecule has 1 aromatic carbocycles. The molecule has 1 amide bonds. The summed E-state index contributed by atoms with van der Waals surface area (Å²) in [6.45, 7) is 5.79. The van der Waals surface area contributed by atoms with E-state index in [2.05, 4.69) is 5.32 Å². The van der Waals surface area contributed by atoms with Crippen LogP contribution in [0, 0.1) is 0 Å². The average molecular weight is 419 g/mol. The third kappa shape index (κ3) is 6.15. The number of nitrogens with one attached hydrogen (secondary N) is 1. The van der Waals surface area contributed by atoms with Gasteiger partial charge >= 0.3 is 0 Å². The lowest BCUT2D eigenvalue weighted by molar-refractivity contribution is -0.117. The van der Waals surface area contributed by atoms with Crippen LogP contribution in [-0.4, -0.2) is 57.6 Å². The van der Waals surface area contributed by atoms with Gasteiger partial charge in [-0.25, -0.2) is 8.42 Å². The predicted molar refractivity (Wildman–Crippen MR) is 105 cm³/mol. The lowest BCUT2D eigenvalue weighted by atomic mass is 10.2. The van der Waals surface area contributed by atoms with Crippen LogP contribution in [-0.2, 0) is 24.3 Å². The van der Waals surface area contributed by atoms with Crippen LogP contribution in [0.15, 0.2) is 23.1 Å². The Balaban J connectivity index is 1.94. The van der Waals surface area contributed by atoms with Gasteiger partial charge in [-0.2, -0.15) is 4.31 Å². The molecule has 7 nitrogen and oxygen atoms in total. The number of nitrogens with zero attached hydrogens (tertiary/aromatic N) is 1. The van der Waals surface area contributed by atoms with Gasteiger partial charge in [-0.05, 0) is 31.0 Å². The van der Waals surface area contributed by atoms with Crippen molar-refractivity contribution in [3.8, 4) is 0 Å². The summed E-state index contributed by atoms with van der Waals surface area (Å²) in [6, 6.07) is 4.30. The molecule has 27 heavy (non-hydrogen) atoms. The number of ether oxygens (including phenoxy) is 2. The van der Waals surface area contributed by atoms with Gasteiger partial charge < -0.3 is 14.8 Å². The van der Waals surface area contributed by atoms with Gasteiger partial charge in [-0.3, -0.25) is 4.79 Å². The standard InChI is InChI=1S/C18H27ClN2O5S/c1-3-21(4-2)27(23,24)15-7-8-16(19)17(12-15)20-18(22)9-11-25-13-14-6-5-10-26-14/h7-8,12,14H,3-6,9-11,13H2,1-2H3,(H,20,22). The Bertz CT molecular complexity index is 731. The molecular weight excluding hydrogens is 392 g/mol. The number of anilines is 1. The summed E-state index contributed by atoms with van der Waals surface area (Å²) in [5, 5.41) is 2.94. The van der Waals surface area contributed by atoms with E-state index in [1.807, 2.05) is 0 Å². The fourth-order valence-electron chi connectivity index (χ4n) is 2.84. The second kappa shape index (κ2) is 10.4. The highest BCUT2D eigenvalue weighted by atomic mass is 35.5. The molecule has 2 rings (SSSR count). The minimum absolute atomic E-state index is 0.0977. The SMILES string of the molecule is CCN(CC)S(=O)(=O)c1ccc(Cl)c(NC(=O)CCOCC2CCCO2)c1.